The highest BCUT2D eigenvalue weighted by molar-refractivity contribution is 5.77. The monoisotopic (exact) mass is 459 g/mol. The van der Waals surface area contributed by atoms with Gasteiger partial charge in [0.15, 0.2) is 0 Å². The van der Waals surface area contributed by atoms with E-state index in [0.717, 1.165) is 29.0 Å². The van der Waals surface area contributed by atoms with Gasteiger partial charge < -0.3 is 15.7 Å². The van der Waals surface area contributed by atoms with E-state index >= 15 is 0 Å². The summed E-state index contributed by atoms with van der Waals surface area (Å²) in [6.07, 6.45) is -1.44. The Morgan fingerprint density at radius 3 is 2.45 bits per heavy atom. The lowest BCUT2D eigenvalue weighted by molar-refractivity contribution is -0.141. The van der Waals surface area contributed by atoms with Crippen molar-refractivity contribution in [3.05, 3.63) is 60.0 Å². The van der Waals surface area contributed by atoms with E-state index in [2.05, 4.69) is 25.6 Å². The molecule has 0 saturated heterocycles. The van der Waals surface area contributed by atoms with Crippen molar-refractivity contribution < 1.29 is 23.1 Å². The molecule has 10 heteroatoms. The maximum absolute atomic E-state index is 12.9. The number of carboxylic acids is 1. The van der Waals surface area contributed by atoms with Gasteiger partial charge in [-0.3, -0.25) is 0 Å². The third-order valence-corrected chi connectivity index (χ3v) is 4.70. The molecule has 3 N–H and O–H groups in total. The molecule has 0 unspecified atom stereocenters. The van der Waals surface area contributed by atoms with Crippen molar-refractivity contribution in [1.82, 2.24) is 15.0 Å². The molecule has 0 aliphatic heterocycles. The number of hydrogen-bond donors (Lipinski definition) is 3. The summed E-state index contributed by atoms with van der Waals surface area (Å²) < 4.78 is 38.7. The predicted octanol–water partition coefficient (Wildman–Crippen LogP) is 5.52. The second kappa shape index (κ2) is 9.85. The number of alkyl halides is 3. The lowest BCUT2D eigenvalue weighted by Gasteiger charge is -2.17. The van der Waals surface area contributed by atoms with Crippen molar-refractivity contribution in [3.63, 3.8) is 0 Å². The summed E-state index contributed by atoms with van der Waals surface area (Å²) in [5, 5.41) is 15.1. The number of nitrogens with one attached hydrogen (secondary N) is 2. The molecule has 0 radical (unpaired) electrons. The van der Waals surface area contributed by atoms with Gasteiger partial charge in [0, 0.05) is 23.6 Å². The molecule has 0 aliphatic rings. The van der Waals surface area contributed by atoms with Crippen LogP contribution >= 0.6 is 0 Å². The average Bonchev–Trinajstić information content (AvgIpc) is 2.72. The van der Waals surface area contributed by atoms with Gasteiger partial charge in [-0.1, -0.05) is 19.9 Å². The Kier molecular flexibility index (Phi) is 7.15. The van der Waals surface area contributed by atoms with Crippen molar-refractivity contribution in [1.29, 1.82) is 0 Å². The van der Waals surface area contributed by atoms with Crippen LogP contribution in [0.1, 0.15) is 31.5 Å². The number of benzene rings is 1. The van der Waals surface area contributed by atoms with Crippen LogP contribution in [0.4, 0.5) is 30.6 Å². The normalized spacial score (nSPS) is 12.5. The van der Waals surface area contributed by atoms with Gasteiger partial charge >= 0.3 is 12.1 Å². The summed E-state index contributed by atoms with van der Waals surface area (Å²) in [5.74, 6) is -0.461. The van der Waals surface area contributed by atoms with Crippen LogP contribution in [0, 0.1) is 12.8 Å². The lowest BCUT2D eigenvalue weighted by Crippen LogP contribution is -2.31. The number of halogens is 3. The first kappa shape index (κ1) is 24.0. The molecule has 3 aromatic rings. The van der Waals surface area contributed by atoms with Gasteiger partial charge in [0.25, 0.3) is 0 Å². The van der Waals surface area contributed by atoms with Crippen molar-refractivity contribution in [2.75, 3.05) is 10.6 Å². The van der Waals surface area contributed by atoms with Gasteiger partial charge in [-0.2, -0.15) is 13.2 Å². The van der Waals surface area contributed by atoms with Gasteiger partial charge in [-0.25, -0.2) is 19.7 Å². The largest absolute Gasteiger partial charge is 0.480 e. The third-order valence-electron chi connectivity index (χ3n) is 4.70. The Morgan fingerprint density at radius 2 is 1.85 bits per heavy atom. The first-order valence-electron chi connectivity index (χ1n) is 10.3. The Bertz CT molecular complexity index is 1120. The Balaban J connectivity index is 1.80. The predicted molar refractivity (Wildman–Crippen MR) is 119 cm³/mol. The molecular formula is C23H24F3N5O2. The summed E-state index contributed by atoms with van der Waals surface area (Å²) in [5.41, 5.74) is 1.90. The second-order valence-electron chi connectivity index (χ2n) is 8.07. The van der Waals surface area contributed by atoms with Crippen LogP contribution in [0.25, 0.3) is 11.1 Å². The molecule has 2 aromatic heterocycles. The maximum Gasteiger partial charge on any atom is 0.433 e. The van der Waals surface area contributed by atoms with Crippen molar-refractivity contribution in [2.45, 2.75) is 39.4 Å². The molecule has 2 heterocycles. The summed E-state index contributed by atoms with van der Waals surface area (Å²) in [6.45, 7) is 5.75. The number of rotatable bonds is 8. The zero-order chi connectivity index (χ0) is 24.2. The minimum atomic E-state index is -4.56. The van der Waals surface area contributed by atoms with Gasteiger partial charge in [0.1, 0.15) is 17.6 Å². The molecule has 0 aliphatic carbocycles. The van der Waals surface area contributed by atoms with E-state index < -0.39 is 23.9 Å². The minimum Gasteiger partial charge on any atom is -0.480 e. The number of pyridine rings is 1. The highest BCUT2D eigenvalue weighted by Gasteiger charge is 2.32. The van der Waals surface area contributed by atoms with E-state index in [-0.39, 0.29) is 11.9 Å². The van der Waals surface area contributed by atoms with Crippen LogP contribution in [0.5, 0.6) is 0 Å². The Labute approximate surface area is 189 Å². The number of hydrogen-bond acceptors (Lipinski definition) is 6. The van der Waals surface area contributed by atoms with Crippen LogP contribution in [-0.2, 0) is 11.0 Å². The minimum absolute atomic E-state index is 0.163. The fourth-order valence-corrected chi connectivity index (χ4v) is 3.25. The Morgan fingerprint density at radius 1 is 1.09 bits per heavy atom. The van der Waals surface area contributed by atoms with Crippen LogP contribution < -0.4 is 10.6 Å². The summed E-state index contributed by atoms with van der Waals surface area (Å²) >= 11 is 0. The van der Waals surface area contributed by atoms with Gasteiger partial charge in [0.2, 0.25) is 5.95 Å². The average molecular weight is 459 g/mol. The number of nitrogens with zero attached hydrogens (tertiary/aromatic N) is 3. The number of carbonyl (C=O) groups is 1. The molecule has 0 fully saturated rings. The van der Waals surface area contributed by atoms with E-state index in [1.165, 1.54) is 0 Å². The molecule has 0 bridgehead atoms. The molecular weight excluding hydrogens is 435 g/mol. The fourth-order valence-electron chi connectivity index (χ4n) is 3.25. The SMILES string of the molecule is Cc1cc(Nc2nccc(C(F)(F)F)n2)cc(-c2ccc(N[C@H](CC(C)C)C(=O)O)nc2)c1. The number of anilines is 3. The van der Waals surface area contributed by atoms with E-state index in [9.17, 15) is 23.1 Å². The van der Waals surface area contributed by atoms with Crippen LogP contribution in [-0.4, -0.2) is 32.1 Å². The zero-order valence-corrected chi connectivity index (χ0v) is 18.3. The van der Waals surface area contributed by atoms with Crippen LogP contribution in [0.2, 0.25) is 0 Å². The third kappa shape index (κ3) is 6.64. The second-order valence-corrected chi connectivity index (χ2v) is 8.07. The van der Waals surface area contributed by atoms with Crippen molar-refractivity contribution in [2.24, 2.45) is 5.92 Å². The molecule has 1 atom stereocenters. The molecule has 0 amide bonds. The molecule has 0 saturated carbocycles. The molecule has 0 spiro atoms. The van der Waals surface area contributed by atoms with E-state index in [1.807, 2.05) is 26.8 Å². The van der Waals surface area contributed by atoms with E-state index in [0.29, 0.717) is 17.9 Å². The molecule has 7 nitrogen and oxygen atoms in total. The van der Waals surface area contributed by atoms with Gasteiger partial charge in [-0.05, 0) is 60.7 Å². The van der Waals surface area contributed by atoms with Crippen LogP contribution in [0.15, 0.2) is 48.8 Å². The molecule has 33 heavy (non-hydrogen) atoms. The quantitative estimate of drug-likeness (QED) is 0.408. The van der Waals surface area contributed by atoms with Crippen molar-refractivity contribution in [3.8, 4) is 11.1 Å². The lowest BCUT2D eigenvalue weighted by atomic mass is 10.0. The van der Waals surface area contributed by atoms with E-state index in [4.69, 9.17) is 0 Å². The van der Waals surface area contributed by atoms with Gasteiger partial charge in [0.05, 0.1) is 0 Å². The van der Waals surface area contributed by atoms with E-state index in [1.54, 1.807) is 30.5 Å². The first-order chi connectivity index (χ1) is 15.5. The number of carboxylic acid groups (broad SMARTS) is 1. The summed E-state index contributed by atoms with van der Waals surface area (Å²) in [6, 6.07) is 8.97. The first-order valence-corrected chi connectivity index (χ1v) is 10.3. The highest BCUT2D eigenvalue weighted by Crippen LogP contribution is 2.29. The summed E-state index contributed by atoms with van der Waals surface area (Å²) in [7, 11) is 0. The Hall–Kier alpha value is -3.69. The van der Waals surface area contributed by atoms with Crippen molar-refractivity contribution >= 4 is 23.4 Å². The van der Waals surface area contributed by atoms with Gasteiger partial charge in [-0.15, -0.1) is 0 Å². The fraction of sp³-hybridized carbons (Fsp3) is 0.304. The topological polar surface area (TPSA) is 100 Å². The summed E-state index contributed by atoms with van der Waals surface area (Å²) in [4.78, 5) is 23.2. The molecule has 1 aromatic carbocycles. The standard InChI is InChI=1S/C23H24F3N5O2/c1-13(2)8-18(21(32)33)30-20-5-4-15(12-28-20)16-9-14(3)10-17(11-16)29-22-27-7-6-19(31-22)23(24,25)26/h4-7,9-13,18H,8H2,1-3H3,(H,28,30)(H,32,33)(H,27,29,31)/t18-/m1/s1. The highest BCUT2D eigenvalue weighted by atomic mass is 19.4. The van der Waals surface area contributed by atoms with Crippen LogP contribution in [0.3, 0.4) is 0 Å². The zero-order valence-electron chi connectivity index (χ0n) is 18.3. The smallest absolute Gasteiger partial charge is 0.433 e. The molecule has 3 rings (SSSR count). The number of aromatic nitrogens is 3. The number of aliphatic carboxylic acids is 1. The number of aryl methyl sites for hydroxylation is 1. The molecule has 174 valence electrons. The maximum atomic E-state index is 12.9.